The molecular weight excluding hydrogens is 432 g/mol. The van der Waals surface area contributed by atoms with Crippen molar-refractivity contribution in [3.05, 3.63) is 72.2 Å². The molecule has 0 atom stereocenters. The molecule has 8 nitrogen and oxygen atoms in total. The number of nitrogens with zero attached hydrogens (tertiary/aromatic N) is 3. The number of anilines is 1. The molecule has 0 saturated heterocycles. The van der Waals surface area contributed by atoms with E-state index in [-0.39, 0.29) is 18.3 Å². The van der Waals surface area contributed by atoms with Gasteiger partial charge in [0.05, 0.1) is 18.1 Å². The van der Waals surface area contributed by atoms with Crippen LogP contribution in [0.1, 0.15) is 30.2 Å². The summed E-state index contributed by atoms with van der Waals surface area (Å²) in [5.74, 6) is 2.26. The predicted octanol–water partition coefficient (Wildman–Crippen LogP) is 4.81. The van der Waals surface area contributed by atoms with Crippen molar-refractivity contribution in [1.82, 2.24) is 14.5 Å². The first-order valence-electron chi connectivity index (χ1n) is 11.5. The highest BCUT2D eigenvalue weighted by molar-refractivity contribution is 6.02. The Balaban J connectivity index is 1.45. The Hall–Kier alpha value is -3.78. The highest BCUT2D eigenvalue weighted by atomic mass is 16.5. The summed E-state index contributed by atoms with van der Waals surface area (Å²) in [6.07, 6.45) is 0. The van der Waals surface area contributed by atoms with Gasteiger partial charge in [-0.15, -0.1) is 0 Å². The van der Waals surface area contributed by atoms with Crippen LogP contribution in [-0.2, 0) is 13.2 Å². The van der Waals surface area contributed by atoms with Crippen molar-refractivity contribution in [3.63, 3.8) is 0 Å². The minimum absolute atomic E-state index is 0.197. The molecule has 0 fully saturated rings. The molecule has 8 heteroatoms. The van der Waals surface area contributed by atoms with E-state index in [2.05, 4.69) is 29.0 Å². The first-order chi connectivity index (χ1) is 16.6. The maximum atomic E-state index is 12.9. The Kier molecular flexibility index (Phi) is 7.49. The fraction of sp³-hybridized carbons (Fsp3) is 0.308. The van der Waals surface area contributed by atoms with Crippen LogP contribution >= 0.6 is 0 Å². The molecule has 0 saturated carbocycles. The van der Waals surface area contributed by atoms with Crippen LogP contribution in [0, 0.1) is 0 Å². The third-order valence-corrected chi connectivity index (χ3v) is 5.72. The molecule has 1 amide bonds. The molecule has 1 N–H and O–H groups in total. The SMILES string of the molecule is CCN(CC)CCn1c(NC(=O)c2ccc(COc3cccc(OC)c3)o2)nc2ccccc21. The molecule has 34 heavy (non-hydrogen) atoms. The van der Waals surface area contributed by atoms with Gasteiger partial charge < -0.3 is 23.4 Å². The zero-order valence-electron chi connectivity index (χ0n) is 19.8. The lowest BCUT2D eigenvalue weighted by Gasteiger charge is -2.19. The van der Waals surface area contributed by atoms with E-state index in [9.17, 15) is 4.79 Å². The average molecular weight is 463 g/mol. The summed E-state index contributed by atoms with van der Waals surface area (Å²) >= 11 is 0. The number of carbonyl (C=O) groups is 1. The van der Waals surface area contributed by atoms with Crippen molar-refractivity contribution in [2.75, 3.05) is 32.1 Å². The Labute approximate surface area is 199 Å². The predicted molar refractivity (Wildman–Crippen MR) is 132 cm³/mol. The van der Waals surface area contributed by atoms with Gasteiger partial charge in [-0.3, -0.25) is 10.1 Å². The van der Waals surface area contributed by atoms with E-state index in [1.165, 1.54) is 0 Å². The number of ether oxygens (including phenoxy) is 2. The van der Waals surface area contributed by atoms with Gasteiger partial charge in [0.1, 0.15) is 23.9 Å². The van der Waals surface area contributed by atoms with E-state index in [1.807, 2.05) is 47.0 Å². The van der Waals surface area contributed by atoms with Crippen LogP contribution in [0.5, 0.6) is 11.5 Å². The lowest BCUT2D eigenvalue weighted by Crippen LogP contribution is -2.27. The van der Waals surface area contributed by atoms with Gasteiger partial charge in [0.2, 0.25) is 5.95 Å². The smallest absolute Gasteiger partial charge is 0.293 e. The Morgan fingerprint density at radius 1 is 1.06 bits per heavy atom. The van der Waals surface area contributed by atoms with Crippen molar-refractivity contribution in [2.24, 2.45) is 0 Å². The third-order valence-electron chi connectivity index (χ3n) is 5.72. The first-order valence-corrected chi connectivity index (χ1v) is 11.5. The molecular formula is C26H30N4O4. The van der Waals surface area contributed by atoms with E-state index in [0.717, 1.165) is 37.2 Å². The number of hydrogen-bond acceptors (Lipinski definition) is 6. The topological polar surface area (TPSA) is 81.8 Å². The molecule has 2 aromatic carbocycles. The minimum atomic E-state index is -0.355. The minimum Gasteiger partial charge on any atom is -0.497 e. The van der Waals surface area contributed by atoms with Crippen LogP contribution in [0.2, 0.25) is 0 Å². The summed E-state index contributed by atoms with van der Waals surface area (Å²) in [6.45, 7) is 8.01. The maximum absolute atomic E-state index is 12.9. The number of carbonyl (C=O) groups excluding carboxylic acids is 1. The monoisotopic (exact) mass is 462 g/mol. The third kappa shape index (κ3) is 5.40. The maximum Gasteiger partial charge on any atom is 0.293 e. The van der Waals surface area contributed by atoms with Gasteiger partial charge in [-0.2, -0.15) is 0 Å². The normalized spacial score (nSPS) is 11.2. The number of furan rings is 1. The first kappa shape index (κ1) is 23.4. The molecule has 2 heterocycles. The summed E-state index contributed by atoms with van der Waals surface area (Å²) < 4.78 is 18.7. The standard InChI is InChI=1S/C26H30N4O4/c1-4-29(5-2)15-16-30-23-12-7-6-11-22(23)27-26(30)28-25(31)24-14-13-21(34-24)18-33-20-10-8-9-19(17-20)32-3/h6-14,17H,4-5,15-16,18H2,1-3H3,(H,27,28,31). The molecule has 0 aliphatic rings. The van der Waals surface area contributed by atoms with E-state index in [4.69, 9.17) is 13.9 Å². The van der Waals surface area contributed by atoms with Crippen LogP contribution in [0.15, 0.2) is 65.1 Å². The molecule has 0 aliphatic heterocycles. The van der Waals surface area contributed by atoms with Crippen molar-refractivity contribution in [1.29, 1.82) is 0 Å². The largest absolute Gasteiger partial charge is 0.497 e. The molecule has 0 bridgehead atoms. The number of para-hydroxylation sites is 2. The number of amides is 1. The second-order valence-electron chi connectivity index (χ2n) is 7.79. The van der Waals surface area contributed by atoms with Crippen LogP contribution in [0.25, 0.3) is 11.0 Å². The number of methoxy groups -OCH3 is 1. The van der Waals surface area contributed by atoms with Gasteiger partial charge in [-0.05, 0) is 49.5 Å². The zero-order valence-corrected chi connectivity index (χ0v) is 19.8. The number of benzene rings is 2. The van der Waals surface area contributed by atoms with Crippen LogP contribution in [0.3, 0.4) is 0 Å². The van der Waals surface area contributed by atoms with E-state index < -0.39 is 0 Å². The number of fused-ring (bicyclic) bond motifs is 1. The van der Waals surface area contributed by atoms with Crippen molar-refractivity contribution >= 4 is 22.9 Å². The number of hydrogen-bond donors (Lipinski definition) is 1. The second kappa shape index (κ2) is 10.9. The van der Waals surface area contributed by atoms with Gasteiger partial charge in [0.15, 0.2) is 5.76 Å². The fourth-order valence-electron chi connectivity index (χ4n) is 3.76. The molecule has 178 valence electrons. The number of imidazole rings is 1. The highest BCUT2D eigenvalue weighted by Crippen LogP contribution is 2.22. The lowest BCUT2D eigenvalue weighted by atomic mass is 10.3. The van der Waals surface area contributed by atoms with Crippen LogP contribution in [-0.4, -0.2) is 47.1 Å². The van der Waals surface area contributed by atoms with Crippen molar-refractivity contribution in [3.8, 4) is 11.5 Å². The van der Waals surface area contributed by atoms with Gasteiger partial charge in [0.25, 0.3) is 5.91 Å². The van der Waals surface area contributed by atoms with Gasteiger partial charge >= 0.3 is 0 Å². The molecule has 4 aromatic rings. The zero-order chi connectivity index (χ0) is 23.9. The number of aromatic nitrogens is 2. The Bertz CT molecular complexity index is 1240. The molecule has 0 unspecified atom stereocenters. The highest BCUT2D eigenvalue weighted by Gasteiger charge is 2.17. The summed E-state index contributed by atoms with van der Waals surface area (Å²) in [7, 11) is 1.61. The Morgan fingerprint density at radius 2 is 1.85 bits per heavy atom. The quantitative estimate of drug-likeness (QED) is 0.344. The van der Waals surface area contributed by atoms with Gasteiger partial charge in [0, 0.05) is 19.2 Å². The molecule has 0 spiro atoms. The number of nitrogens with one attached hydrogen (secondary N) is 1. The second-order valence-corrected chi connectivity index (χ2v) is 7.79. The number of likely N-dealkylation sites (N-methyl/N-ethyl adjacent to an activating group) is 1. The number of rotatable bonds is 11. The van der Waals surface area contributed by atoms with Gasteiger partial charge in [-0.25, -0.2) is 4.98 Å². The Morgan fingerprint density at radius 3 is 2.65 bits per heavy atom. The lowest BCUT2D eigenvalue weighted by molar-refractivity contribution is 0.0991. The summed E-state index contributed by atoms with van der Waals surface area (Å²) in [5.41, 5.74) is 1.82. The molecule has 0 radical (unpaired) electrons. The summed E-state index contributed by atoms with van der Waals surface area (Å²) in [5, 5.41) is 2.92. The summed E-state index contributed by atoms with van der Waals surface area (Å²) in [6, 6.07) is 18.6. The van der Waals surface area contributed by atoms with Crippen molar-refractivity contribution in [2.45, 2.75) is 27.0 Å². The van der Waals surface area contributed by atoms with E-state index in [1.54, 1.807) is 25.3 Å². The average Bonchev–Trinajstić information content (AvgIpc) is 3.48. The van der Waals surface area contributed by atoms with Gasteiger partial charge in [-0.1, -0.05) is 32.0 Å². The van der Waals surface area contributed by atoms with E-state index in [0.29, 0.717) is 23.2 Å². The van der Waals surface area contributed by atoms with Crippen LogP contribution in [0.4, 0.5) is 5.95 Å². The van der Waals surface area contributed by atoms with Crippen LogP contribution < -0.4 is 14.8 Å². The van der Waals surface area contributed by atoms with Crippen molar-refractivity contribution < 1.29 is 18.7 Å². The summed E-state index contributed by atoms with van der Waals surface area (Å²) in [4.78, 5) is 19.9. The molecule has 0 aliphatic carbocycles. The molecule has 4 rings (SSSR count). The molecule has 2 aromatic heterocycles. The van der Waals surface area contributed by atoms with E-state index >= 15 is 0 Å². The fourth-order valence-corrected chi connectivity index (χ4v) is 3.76.